The number of aryl methyl sites for hydroxylation is 2. The van der Waals surface area contributed by atoms with Crippen molar-refractivity contribution < 1.29 is 9.53 Å². The second-order valence-corrected chi connectivity index (χ2v) is 7.62. The lowest BCUT2D eigenvalue weighted by Gasteiger charge is -2.13. The van der Waals surface area contributed by atoms with Gasteiger partial charge in [-0.2, -0.15) is 0 Å². The molecule has 0 aliphatic heterocycles. The number of carbonyl (C=O) groups excluding carboxylic acids is 1. The molecule has 0 saturated heterocycles. The number of esters is 1. The van der Waals surface area contributed by atoms with Crippen LogP contribution in [0.1, 0.15) is 21.5 Å². The third-order valence-corrected chi connectivity index (χ3v) is 5.34. The molecule has 0 atom stereocenters. The van der Waals surface area contributed by atoms with Crippen molar-refractivity contribution in [3.63, 3.8) is 0 Å². The van der Waals surface area contributed by atoms with Crippen molar-refractivity contribution in [1.29, 1.82) is 0 Å². The molecule has 0 bridgehead atoms. The van der Waals surface area contributed by atoms with E-state index in [1.54, 1.807) is 12.3 Å². The first-order valence-corrected chi connectivity index (χ1v) is 10.1. The standard InChI is InChI=1S/C27H20N2O2/c1-17-14-18(2)25-21(15-17)22(16-23(29-25)19-8-4-3-5-9-19)27(30)31-24-12-6-10-20-11-7-13-28-26(20)24/h3-16H,1-2H3. The van der Waals surface area contributed by atoms with Crippen molar-refractivity contribution in [2.75, 3.05) is 0 Å². The summed E-state index contributed by atoms with van der Waals surface area (Å²) in [5.74, 6) is 0.0198. The van der Waals surface area contributed by atoms with Crippen molar-refractivity contribution in [1.82, 2.24) is 9.97 Å². The van der Waals surface area contributed by atoms with Crippen LogP contribution < -0.4 is 4.74 Å². The van der Waals surface area contributed by atoms with Gasteiger partial charge >= 0.3 is 5.97 Å². The Morgan fingerprint density at radius 3 is 2.48 bits per heavy atom. The second-order valence-electron chi connectivity index (χ2n) is 7.62. The van der Waals surface area contributed by atoms with E-state index < -0.39 is 5.97 Å². The number of fused-ring (bicyclic) bond motifs is 2. The molecule has 4 heteroatoms. The minimum absolute atomic E-state index is 0.423. The first-order valence-electron chi connectivity index (χ1n) is 10.1. The first kappa shape index (κ1) is 18.9. The van der Waals surface area contributed by atoms with E-state index in [1.807, 2.05) is 80.6 Å². The highest BCUT2D eigenvalue weighted by atomic mass is 16.5. The van der Waals surface area contributed by atoms with Gasteiger partial charge in [-0.05, 0) is 43.7 Å². The molecule has 5 aromatic rings. The van der Waals surface area contributed by atoms with Crippen LogP contribution in [0.5, 0.6) is 5.75 Å². The zero-order valence-electron chi connectivity index (χ0n) is 17.3. The maximum Gasteiger partial charge on any atom is 0.344 e. The maximum absolute atomic E-state index is 13.4. The van der Waals surface area contributed by atoms with Crippen LogP contribution in [-0.4, -0.2) is 15.9 Å². The summed E-state index contributed by atoms with van der Waals surface area (Å²) < 4.78 is 5.86. The average Bonchev–Trinajstić information content (AvgIpc) is 2.79. The predicted octanol–water partition coefficient (Wildman–Crippen LogP) is 6.29. The van der Waals surface area contributed by atoms with E-state index >= 15 is 0 Å². The van der Waals surface area contributed by atoms with Gasteiger partial charge in [-0.15, -0.1) is 0 Å². The molecule has 0 N–H and O–H groups in total. The van der Waals surface area contributed by atoms with Gasteiger partial charge < -0.3 is 4.74 Å². The van der Waals surface area contributed by atoms with Gasteiger partial charge in [0.2, 0.25) is 0 Å². The van der Waals surface area contributed by atoms with Gasteiger partial charge in [0.25, 0.3) is 0 Å². The zero-order valence-corrected chi connectivity index (χ0v) is 17.3. The monoisotopic (exact) mass is 404 g/mol. The molecule has 0 aliphatic carbocycles. The summed E-state index contributed by atoms with van der Waals surface area (Å²) in [4.78, 5) is 22.7. The fourth-order valence-electron chi connectivity index (χ4n) is 3.92. The Hall–Kier alpha value is -4.05. The lowest BCUT2D eigenvalue weighted by atomic mass is 10.00. The number of para-hydroxylation sites is 1. The quantitative estimate of drug-likeness (QED) is 0.262. The number of carbonyl (C=O) groups is 1. The van der Waals surface area contributed by atoms with Crippen LogP contribution in [-0.2, 0) is 0 Å². The Kier molecular flexibility index (Phi) is 4.68. The van der Waals surface area contributed by atoms with Crippen LogP contribution >= 0.6 is 0 Å². The Bertz CT molecular complexity index is 1440. The summed E-state index contributed by atoms with van der Waals surface area (Å²) in [6.07, 6.45) is 1.70. The van der Waals surface area contributed by atoms with Crippen molar-refractivity contribution in [3.05, 3.63) is 102 Å². The summed E-state index contributed by atoms with van der Waals surface area (Å²) in [5.41, 5.74) is 5.73. The van der Waals surface area contributed by atoms with Crippen molar-refractivity contribution in [2.45, 2.75) is 13.8 Å². The molecule has 3 aromatic carbocycles. The summed E-state index contributed by atoms with van der Waals surface area (Å²) in [7, 11) is 0. The van der Waals surface area contributed by atoms with Gasteiger partial charge in [0.05, 0.1) is 16.8 Å². The van der Waals surface area contributed by atoms with E-state index in [9.17, 15) is 4.79 Å². The molecule has 5 rings (SSSR count). The predicted molar refractivity (Wildman–Crippen MR) is 123 cm³/mol. The minimum atomic E-state index is -0.423. The fraction of sp³-hybridized carbons (Fsp3) is 0.0741. The van der Waals surface area contributed by atoms with Crippen molar-refractivity contribution >= 4 is 27.8 Å². The van der Waals surface area contributed by atoms with Gasteiger partial charge in [0, 0.05) is 22.5 Å². The summed E-state index contributed by atoms with van der Waals surface area (Å²) in [6.45, 7) is 4.03. The van der Waals surface area contributed by atoms with Gasteiger partial charge in [-0.25, -0.2) is 9.78 Å². The Morgan fingerprint density at radius 2 is 1.65 bits per heavy atom. The molecule has 0 unspecified atom stereocenters. The summed E-state index contributed by atoms with van der Waals surface area (Å²) in [6, 6.07) is 25.1. The first-order chi connectivity index (χ1) is 15.1. The number of pyridine rings is 2. The SMILES string of the molecule is Cc1cc(C)c2nc(-c3ccccc3)cc(C(=O)Oc3cccc4cccnc34)c2c1. The third-order valence-electron chi connectivity index (χ3n) is 5.34. The highest BCUT2D eigenvalue weighted by Crippen LogP contribution is 2.30. The fourth-order valence-corrected chi connectivity index (χ4v) is 3.92. The van der Waals surface area contributed by atoms with Crippen LogP contribution in [0.15, 0.2) is 85.1 Å². The number of nitrogens with zero attached hydrogens (tertiary/aromatic N) is 2. The van der Waals surface area contributed by atoms with E-state index in [2.05, 4.69) is 11.1 Å². The Morgan fingerprint density at radius 1 is 0.839 bits per heavy atom. The molecule has 0 saturated carbocycles. The van der Waals surface area contributed by atoms with E-state index in [1.165, 1.54) is 0 Å². The molecule has 0 radical (unpaired) electrons. The molecule has 4 nitrogen and oxygen atoms in total. The number of hydrogen-bond acceptors (Lipinski definition) is 4. The summed E-state index contributed by atoms with van der Waals surface area (Å²) >= 11 is 0. The zero-order chi connectivity index (χ0) is 21.4. The number of hydrogen-bond donors (Lipinski definition) is 0. The van der Waals surface area contributed by atoms with E-state index in [4.69, 9.17) is 9.72 Å². The second kappa shape index (κ2) is 7.65. The number of ether oxygens (including phenoxy) is 1. The molecule has 0 spiro atoms. The third kappa shape index (κ3) is 3.53. The number of benzene rings is 3. The average molecular weight is 404 g/mol. The van der Waals surface area contributed by atoms with Crippen LogP contribution in [0.25, 0.3) is 33.1 Å². The topological polar surface area (TPSA) is 52.1 Å². The lowest BCUT2D eigenvalue weighted by Crippen LogP contribution is -2.11. The molecule has 150 valence electrons. The van der Waals surface area contributed by atoms with Gasteiger partial charge in [-0.3, -0.25) is 4.98 Å². The molecule has 2 aromatic heterocycles. The molecular weight excluding hydrogens is 384 g/mol. The van der Waals surface area contributed by atoms with Crippen LogP contribution in [0.2, 0.25) is 0 Å². The lowest BCUT2D eigenvalue weighted by molar-refractivity contribution is 0.0739. The number of aromatic nitrogens is 2. The maximum atomic E-state index is 13.4. The molecular formula is C27H20N2O2. The Labute approximate surface area is 180 Å². The van der Waals surface area contributed by atoms with Crippen molar-refractivity contribution in [2.24, 2.45) is 0 Å². The molecule has 31 heavy (non-hydrogen) atoms. The molecule has 0 aliphatic rings. The summed E-state index contributed by atoms with van der Waals surface area (Å²) in [5, 5.41) is 1.71. The normalized spacial score (nSPS) is 11.0. The van der Waals surface area contributed by atoms with E-state index in [0.717, 1.165) is 38.7 Å². The minimum Gasteiger partial charge on any atom is -0.421 e. The largest absolute Gasteiger partial charge is 0.421 e. The molecule has 2 heterocycles. The van der Waals surface area contributed by atoms with Gasteiger partial charge in [-0.1, -0.05) is 60.2 Å². The molecule has 0 amide bonds. The highest BCUT2D eigenvalue weighted by molar-refractivity contribution is 6.07. The van der Waals surface area contributed by atoms with Gasteiger partial charge in [0.1, 0.15) is 5.52 Å². The molecule has 0 fully saturated rings. The van der Waals surface area contributed by atoms with E-state index in [-0.39, 0.29) is 0 Å². The van der Waals surface area contributed by atoms with Crippen LogP contribution in [0.3, 0.4) is 0 Å². The highest BCUT2D eigenvalue weighted by Gasteiger charge is 2.18. The van der Waals surface area contributed by atoms with E-state index in [0.29, 0.717) is 16.8 Å². The number of rotatable bonds is 3. The van der Waals surface area contributed by atoms with Crippen molar-refractivity contribution in [3.8, 4) is 17.0 Å². The Balaban J connectivity index is 1.68. The van der Waals surface area contributed by atoms with Crippen LogP contribution in [0, 0.1) is 13.8 Å². The smallest absolute Gasteiger partial charge is 0.344 e. The van der Waals surface area contributed by atoms with Gasteiger partial charge in [0.15, 0.2) is 5.75 Å². The van der Waals surface area contributed by atoms with Crippen LogP contribution in [0.4, 0.5) is 0 Å².